The first kappa shape index (κ1) is 25.8. The molecule has 0 saturated heterocycles. The predicted octanol–water partition coefficient (Wildman–Crippen LogP) is 3.20. The summed E-state index contributed by atoms with van der Waals surface area (Å²) in [6, 6.07) is 6.27. The molecule has 8 nitrogen and oxygen atoms in total. The highest BCUT2D eigenvalue weighted by Gasteiger charge is 2.18. The van der Waals surface area contributed by atoms with Gasteiger partial charge in [0, 0.05) is 11.5 Å². The monoisotopic (exact) mass is 458 g/mol. The first-order valence-electron chi connectivity index (χ1n) is 9.44. The van der Waals surface area contributed by atoms with E-state index in [9.17, 15) is 19.2 Å². The molecular weight excluding hydrogens is 432 g/mol. The number of carboxylic acid groups (broad SMARTS) is 2. The van der Waals surface area contributed by atoms with Crippen molar-refractivity contribution in [3.8, 4) is 0 Å². The van der Waals surface area contributed by atoms with Crippen molar-refractivity contribution < 1.29 is 38.9 Å². The van der Waals surface area contributed by atoms with Gasteiger partial charge >= 0.3 is 23.9 Å². The molecule has 1 aromatic carbocycles. The minimum Gasteiger partial charge on any atom is -0.481 e. The molecule has 0 unspecified atom stereocenters. The van der Waals surface area contributed by atoms with E-state index in [-0.39, 0.29) is 37.2 Å². The minimum atomic E-state index is -0.839. The largest absolute Gasteiger partial charge is 0.481 e. The second-order valence-corrected chi connectivity index (χ2v) is 8.49. The van der Waals surface area contributed by atoms with E-state index in [0.717, 1.165) is 0 Å². The van der Waals surface area contributed by atoms with Gasteiger partial charge in [0.15, 0.2) is 0 Å². The summed E-state index contributed by atoms with van der Waals surface area (Å²) in [4.78, 5) is 45.4. The Morgan fingerprint density at radius 1 is 0.700 bits per heavy atom. The molecule has 30 heavy (non-hydrogen) atoms. The number of hydrogen-bond acceptors (Lipinski definition) is 8. The van der Waals surface area contributed by atoms with Crippen LogP contribution >= 0.6 is 23.5 Å². The summed E-state index contributed by atoms with van der Waals surface area (Å²) in [5.74, 6) is -0.525. The molecule has 0 aliphatic rings. The number of ether oxygens (including phenoxy) is 2. The van der Waals surface area contributed by atoms with Gasteiger partial charge in [0.25, 0.3) is 0 Å². The normalized spacial score (nSPS) is 10.4. The molecule has 0 radical (unpaired) electrons. The molecule has 10 heteroatoms. The van der Waals surface area contributed by atoms with Crippen molar-refractivity contribution in [1.29, 1.82) is 0 Å². The third-order valence-electron chi connectivity index (χ3n) is 3.62. The summed E-state index contributed by atoms with van der Waals surface area (Å²) in [5, 5.41) is 17.1. The number of carboxylic acids is 2. The highest BCUT2D eigenvalue weighted by atomic mass is 32.2. The molecule has 0 aliphatic heterocycles. The summed E-state index contributed by atoms with van der Waals surface area (Å²) < 4.78 is 10.4. The summed E-state index contributed by atoms with van der Waals surface area (Å²) in [7, 11) is 0. The summed E-state index contributed by atoms with van der Waals surface area (Å²) in [6.45, 7) is 0.353. The Balaban J connectivity index is 2.34. The van der Waals surface area contributed by atoms with E-state index >= 15 is 0 Å². The van der Waals surface area contributed by atoms with Crippen molar-refractivity contribution >= 4 is 47.4 Å². The zero-order valence-corrected chi connectivity index (χ0v) is 18.2. The van der Waals surface area contributed by atoms with Gasteiger partial charge in [-0.2, -0.15) is 23.5 Å². The number of aliphatic carboxylic acids is 2. The van der Waals surface area contributed by atoms with Crippen molar-refractivity contribution in [2.45, 2.75) is 25.7 Å². The van der Waals surface area contributed by atoms with Crippen LogP contribution in [0.5, 0.6) is 0 Å². The standard InChI is InChI=1S/C20H26O8S2/c21-17(22)7-13-29-11-3-9-27-19(25)15-5-1-2-6-16(15)20(26)28-10-4-12-30-14-8-18(23)24/h1-2,5-6H,3-4,7-14H2,(H,21,22)(H,23,24). The van der Waals surface area contributed by atoms with Crippen molar-refractivity contribution in [2.24, 2.45) is 0 Å². The van der Waals surface area contributed by atoms with Gasteiger partial charge in [-0.15, -0.1) is 0 Å². The Morgan fingerprint density at radius 3 is 1.47 bits per heavy atom. The Morgan fingerprint density at radius 2 is 1.10 bits per heavy atom. The molecule has 166 valence electrons. The number of hydrogen-bond donors (Lipinski definition) is 2. The molecular formula is C20H26O8S2. The Bertz CT molecular complexity index is 649. The number of esters is 2. The highest BCUT2D eigenvalue weighted by Crippen LogP contribution is 2.13. The second-order valence-electron chi connectivity index (χ2n) is 6.04. The lowest BCUT2D eigenvalue weighted by Gasteiger charge is -2.10. The zero-order valence-electron chi connectivity index (χ0n) is 16.5. The van der Waals surface area contributed by atoms with Crippen LogP contribution in [0.25, 0.3) is 0 Å². The second kappa shape index (κ2) is 15.6. The smallest absolute Gasteiger partial charge is 0.339 e. The van der Waals surface area contributed by atoms with E-state index in [4.69, 9.17) is 19.7 Å². The van der Waals surface area contributed by atoms with Gasteiger partial charge in [0.2, 0.25) is 0 Å². The first-order valence-corrected chi connectivity index (χ1v) is 11.7. The lowest BCUT2D eigenvalue weighted by Crippen LogP contribution is -2.15. The molecule has 0 bridgehead atoms. The van der Waals surface area contributed by atoms with Crippen LogP contribution in [0.3, 0.4) is 0 Å². The number of carbonyl (C=O) groups excluding carboxylic acids is 2. The van der Waals surface area contributed by atoms with Crippen LogP contribution in [0.4, 0.5) is 0 Å². The predicted molar refractivity (Wildman–Crippen MR) is 115 cm³/mol. The van der Waals surface area contributed by atoms with Crippen molar-refractivity contribution in [1.82, 2.24) is 0 Å². The van der Waals surface area contributed by atoms with E-state index in [0.29, 0.717) is 35.9 Å². The third kappa shape index (κ3) is 11.7. The minimum absolute atomic E-state index is 0.0982. The van der Waals surface area contributed by atoms with Crippen molar-refractivity contribution in [3.63, 3.8) is 0 Å². The lowest BCUT2D eigenvalue weighted by atomic mass is 10.1. The van der Waals surface area contributed by atoms with Gasteiger partial charge in [0.05, 0.1) is 37.2 Å². The molecule has 0 amide bonds. The van der Waals surface area contributed by atoms with Crippen LogP contribution in [0.1, 0.15) is 46.4 Å². The quantitative estimate of drug-likeness (QED) is 0.281. The Hall–Kier alpha value is -2.20. The highest BCUT2D eigenvalue weighted by molar-refractivity contribution is 7.99. The fraction of sp³-hybridized carbons (Fsp3) is 0.500. The molecule has 1 aromatic rings. The molecule has 0 aliphatic carbocycles. The van der Waals surface area contributed by atoms with E-state index in [1.807, 2.05) is 0 Å². The first-order chi connectivity index (χ1) is 14.4. The summed E-state index contributed by atoms with van der Waals surface area (Å²) >= 11 is 2.95. The molecule has 0 atom stereocenters. The maximum Gasteiger partial charge on any atom is 0.339 e. The number of rotatable bonds is 16. The summed E-state index contributed by atoms with van der Waals surface area (Å²) in [6.07, 6.45) is 1.37. The molecule has 0 spiro atoms. The summed E-state index contributed by atoms with van der Waals surface area (Å²) in [5.41, 5.74) is 0.272. The lowest BCUT2D eigenvalue weighted by molar-refractivity contribution is -0.137. The fourth-order valence-corrected chi connectivity index (χ4v) is 3.86. The van der Waals surface area contributed by atoms with E-state index < -0.39 is 23.9 Å². The van der Waals surface area contributed by atoms with E-state index in [2.05, 4.69) is 0 Å². The van der Waals surface area contributed by atoms with Gasteiger partial charge in [-0.1, -0.05) is 12.1 Å². The number of carbonyl (C=O) groups is 4. The van der Waals surface area contributed by atoms with Gasteiger partial charge < -0.3 is 19.7 Å². The Labute approximate surface area is 183 Å². The topological polar surface area (TPSA) is 127 Å². The SMILES string of the molecule is O=C(O)CCSCCCOC(=O)c1ccccc1C(=O)OCCCSCCC(=O)O. The molecule has 1 rings (SSSR count). The van der Waals surface area contributed by atoms with Crippen LogP contribution in [0.2, 0.25) is 0 Å². The molecule has 0 heterocycles. The molecule has 0 saturated carbocycles. The molecule has 0 aromatic heterocycles. The van der Waals surface area contributed by atoms with E-state index in [1.54, 1.807) is 12.1 Å². The third-order valence-corrected chi connectivity index (χ3v) is 5.76. The fourth-order valence-electron chi connectivity index (χ4n) is 2.17. The van der Waals surface area contributed by atoms with Crippen LogP contribution in [-0.2, 0) is 19.1 Å². The van der Waals surface area contributed by atoms with E-state index in [1.165, 1.54) is 35.7 Å². The number of benzene rings is 1. The van der Waals surface area contributed by atoms with Crippen LogP contribution < -0.4 is 0 Å². The Kier molecular flexibility index (Phi) is 13.4. The van der Waals surface area contributed by atoms with Crippen LogP contribution in [-0.4, -0.2) is 70.3 Å². The maximum atomic E-state index is 12.3. The van der Waals surface area contributed by atoms with Crippen molar-refractivity contribution in [2.75, 3.05) is 36.2 Å². The number of thioether (sulfide) groups is 2. The average molecular weight is 459 g/mol. The van der Waals surface area contributed by atoms with Gasteiger partial charge in [-0.3, -0.25) is 9.59 Å². The van der Waals surface area contributed by atoms with Gasteiger partial charge in [-0.25, -0.2) is 9.59 Å². The zero-order chi connectivity index (χ0) is 22.2. The van der Waals surface area contributed by atoms with Crippen molar-refractivity contribution in [3.05, 3.63) is 35.4 Å². The van der Waals surface area contributed by atoms with Crippen LogP contribution in [0, 0.1) is 0 Å². The van der Waals surface area contributed by atoms with Crippen LogP contribution in [0.15, 0.2) is 24.3 Å². The van der Waals surface area contributed by atoms with Gasteiger partial charge in [-0.05, 0) is 36.5 Å². The molecule has 0 fully saturated rings. The van der Waals surface area contributed by atoms with Gasteiger partial charge in [0.1, 0.15) is 0 Å². The average Bonchev–Trinajstić information content (AvgIpc) is 2.71. The molecule has 2 N–H and O–H groups in total. The maximum absolute atomic E-state index is 12.3.